The fourth-order valence-corrected chi connectivity index (χ4v) is 3.29. The van der Waals surface area contributed by atoms with Gasteiger partial charge in [0.15, 0.2) is 0 Å². The van der Waals surface area contributed by atoms with Crippen LogP contribution in [0.15, 0.2) is 55.0 Å². The van der Waals surface area contributed by atoms with Gasteiger partial charge in [0.1, 0.15) is 11.6 Å². The van der Waals surface area contributed by atoms with Crippen LogP contribution in [0.1, 0.15) is 39.4 Å². The third-order valence-corrected chi connectivity index (χ3v) is 4.77. The zero-order valence-electron chi connectivity index (χ0n) is 15.8. The molecule has 1 aliphatic rings. The molecule has 0 atom stereocenters. The van der Waals surface area contributed by atoms with Crippen molar-refractivity contribution in [2.75, 3.05) is 11.9 Å². The SMILES string of the molecule is Cc1nccn1-c1ccc(NC(=O)CCCN2C(=O)c3ccccc3C2=O)cn1. The maximum Gasteiger partial charge on any atom is 0.261 e. The average molecular weight is 389 g/mol. The Kier molecular flexibility index (Phi) is 4.90. The molecule has 3 heterocycles. The minimum atomic E-state index is -0.305. The van der Waals surface area contributed by atoms with E-state index < -0.39 is 0 Å². The topological polar surface area (TPSA) is 97.2 Å². The van der Waals surface area contributed by atoms with E-state index in [1.165, 1.54) is 4.90 Å². The number of rotatable bonds is 6. The number of pyridine rings is 1. The molecule has 4 rings (SSSR count). The Bertz CT molecular complexity index is 1050. The lowest BCUT2D eigenvalue weighted by Gasteiger charge is -2.13. The van der Waals surface area contributed by atoms with Gasteiger partial charge in [-0.2, -0.15) is 0 Å². The number of aryl methyl sites for hydroxylation is 1. The Labute approximate surface area is 167 Å². The first-order chi connectivity index (χ1) is 14.0. The highest BCUT2D eigenvalue weighted by atomic mass is 16.2. The predicted molar refractivity (Wildman–Crippen MR) is 106 cm³/mol. The van der Waals surface area contributed by atoms with Gasteiger partial charge < -0.3 is 5.32 Å². The lowest BCUT2D eigenvalue weighted by molar-refractivity contribution is -0.116. The molecule has 0 bridgehead atoms. The molecule has 1 aliphatic heterocycles. The molecule has 8 heteroatoms. The van der Waals surface area contributed by atoms with Gasteiger partial charge in [0.05, 0.1) is 23.0 Å². The van der Waals surface area contributed by atoms with Crippen LogP contribution in [0.25, 0.3) is 5.82 Å². The summed E-state index contributed by atoms with van der Waals surface area (Å²) in [4.78, 5) is 46.5. The number of carbonyl (C=O) groups excluding carboxylic acids is 3. The molecule has 0 aliphatic carbocycles. The molecular weight excluding hydrogens is 370 g/mol. The van der Waals surface area contributed by atoms with Gasteiger partial charge in [0.2, 0.25) is 5.91 Å². The molecule has 3 aromatic rings. The molecule has 2 aromatic heterocycles. The second-order valence-corrected chi connectivity index (χ2v) is 6.71. The van der Waals surface area contributed by atoms with Gasteiger partial charge in [0.25, 0.3) is 11.8 Å². The molecule has 1 N–H and O–H groups in total. The summed E-state index contributed by atoms with van der Waals surface area (Å²) >= 11 is 0. The van der Waals surface area contributed by atoms with Crippen molar-refractivity contribution in [1.82, 2.24) is 19.4 Å². The number of amides is 3. The van der Waals surface area contributed by atoms with E-state index in [4.69, 9.17) is 0 Å². The molecule has 0 unspecified atom stereocenters. The van der Waals surface area contributed by atoms with Crippen molar-refractivity contribution in [3.8, 4) is 5.82 Å². The molecule has 0 saturated carbocycles. The molecule has 146 valence electrons. The second-order valence-electron chi connectivity index (χ2n) is 6.71. The average Bonchev–Trinajstić information content (AvgIpc) is 3.26. The van der Waals surface area contributed by atoms with E-state index in [9.17, 15) is 14.4 Å². The van der Waals surface area contributed by atoms with E-state index in [-0.39, 0.29) is 30.7 Å². The Balaban J connectivity index is 1.29. The van der Waals surface area contributed by atoms with E-state index in [0.717, 1.165) is 5.82 Å². The Morgan fingerprint density at radius 2 is 1.76 bits per heavy atom. The third-order valence-electron chi connectivity index (χ3n) is 4.77. The zero-order valence-corrected chi connectivity index (χ0v) is 15.8. The second kappa shape index (κ2) is 7.67. The number of hydrogen-bond donors (Lipinski definition) is 1. The van der Waals surface area contributed by atoms with Crippen LogP contribution < -0.4 is 5.32 Å². The smallest absolute Gasteiger partial charge is 0.261 e. The fourth-order valence-electron chi connectivity index (χ4n) is 3.29. The molecular formula is C21H19N5O3. The number of carbonyl (C=O) groups is 3. The summed E-state index contributed by atoms with van der Waals surface area (Å²) in [6, 6.07) is 10.3. The lowest BCUT2D eigenvalue weighted by atomic mass is 10.1. The lowest BCUT2D eigenvalue weighted by Crippen LogP contribution is -2.31. The van der Waals surface area contributed by atoms with Crippen LogP contribution in [0.4, 0.5) is 5.69 Å². The molecule has 0 spiro atoms. The Morgan fingerprint density at radius 3 is 2.34 bits per heavy atom. The summed E-state index contributed by atoms with van der Waals surface area (Å²) in [5.41, 5.74) is 1.42. The number of nitrogens with zero attached hydrogens (tertiary/aromatic N) is 4. The van der Waals surface area contributed by atoms with Gasteiger partial charge in [-0.3, -0.25) is 23.9 Å². The molecule has 8 nitrogen and oxygen atoms in total. The fraction of sp³-hybridized carbons (Fsp3) is 0.190. The van der Waals surface area contributed by atoms with Crippen LogP contribution >= 0.6 is 0 Å². The normalized spacial score (nSPS) is 12.9. The maximum absolute atomic E-state index is 12.3. The summed E-state index contributed by atoms with van der Waals surface area (Å²) in [6.45, 7) is 2.09. The summed E-state index contributed by atoms with van der Waals surface area (Å²) < 4.78 is 1.84. The standard InChI is InChI=1S/C21H19N5O3/c1-14-22-10-12-25(14)18-9-8-15(13-23-18)24-19(27)7-4-11-26-20(28)16-5-2-3-6-17(16)21(26)29/h2-3,5-6,8-10,12-13H,4,7,11H2,1H3,(H,24,27). The van der Waals surface area contributed by atoms with Gasteiger partial charge >= 0.3 is 0 Å². The van der Waals surface area contributed by atoms with Crippen molar-refractivity contribution in [3.05, 3.63) is 71.9 Å². The summed E-state index contributed by atoms with van der Waals surface area (Å²) in [5.74, 6) is 0.724. The number of aromatic nitrogens is 3. The van der Waals surface area contributed by atoms with Gasteiger partial charge in [0, 0.05) is 25.4 Å². The first kappa shape index (κ1) is 18.5. The third kappa shape index (κ3) is 3.64. The van der Waals surface area contributed by atoms with Crippen molar-refractivity contribution in [3.63, 3.8) is 0 Å². The van der Waals surface area contributed by atoms with Crippen LogP contribution in [0.5, 0.6) is 0 Å². The molecule has 29 heavy (non-hydrogen) atoms. The van der Waals surface area contributed by atoms with Crippen LogP contribution in [0.3, 0.4) is 0 Å². The summed E-state index contributed by atoms with van der Waals surface area (Å²) in [5, 5.41) is 2.78. The minimum absolute atomic E-state index is 0.190. The molecule has 0 fully saturated rings. The highest BCUT2D eigenvalue weighted by Crippen LogP contribution is 2.22. The van der Waals surface area contributed by atoms with Gasteiger partial charge in [-0.15, -0.1) is 0 Å². The zero-order chi connectivity index (χ0) is 20.4. The quantitative estimate of drug-likeness (QED) is 0.654. The van der Waals surface area contributed by atoms with Crippen molar-refractivity contribution < 1.29 is 14.4 Å². The monoisotopic (exact) mass is 389 g/mol. The Hall–Kier alpha value is -3.81. The van der Waals surface area contributed by atoms with Gasteiger partial charge in [-0.1, -0.05) is 12.1 Å². The molecule has 3 amide bonds. The van der Waals surface area contributed by atoms with Crippen LogP contribution in [0, 0.1) is 6.92 Å². The van der Waals surface area contributed by atoms with E-state index in [2.05, 4.69) is 15.3 Å². The molecule has 1 aromatic carbocycles. The number of nitrogens with one attached hydrogen (secondary N) is 1. The van der Waals surface area contributed by atoms with Crippen molar-refractivity contribution in [2.45, 2.75) is 19.8 Å². The van der Waals surface area contributed by atoms with E-state index in [0.29, 0.717) is 29.1 Å². The van der Waals surface area contributed by atoms with Crippen molar-refractivity contribution in [1.29, 1.82) is 0 Å². The maximum atomic E-state index is 12.3. The van der Waals surface area contributed by atoms with E-state index in [1.54, 1.807) is 48.8 Å². The van der Waals surface area contributed by atoms with Crippen LogP contribution in [-0.2, 0) is 4.79 Å². The molecule has 0 saturated heterocycles. The van der Waals surface area contributed by atoms with Crippen molar-refractivity contribution >= 4 is 23.4 Å². The van der Waals surface area contributed by atoms with Crippen LogP contribution in [0.2, 0.25) is 0 Å². The predicted octanol–water partition coefficient (Wildman–Crippen LogP) is 2.59. The summed E-state index contributed by atoms with van der Waals surface area (Å²) in [7, 11) is 0. The van der Waals surface area contributed by atoms with Gasteiger partial charge in [-0.25, -0.2) is 9.97 Å². The Morgan fingerprint density at radius 1 is 1.03 bits per heavy atom. The number of imide groups is 1. The number of imidazole rings is 1. The number of anilines is 1. The van der Waals surface area contributed by atoms with E-state index >= 15 is 0 Å². The largest absolute Gasteiger partial charge is 0.325 e. The summed E-state index contributed by atoms with van der Waals surface area (Å²) in [6.07, 6.45) is 5.67. The highest BCUT2D eigenvalue weighted by molar-refractivity contribution is 6.21. The first-order valence-electron chi connectivity index (χ1n) is 9.26. The number of hydrogen-bond acceptors (Lipinski definition) is 5. The highest BCUT2D eigenvalue weighted by Gasteiger charge is 2.34. The number of benzene rings is 1. The number of fused-ring (bicyclic) bond motifs is 1. The minimum Gasteiger partial charge on any atom is -0.325 e. The van der Waals surface area contributed by atoms with Crippen LogP contribution in [-0.4, -0.2) is 43.7 Å². The van der Waals surface area contributed by atoms with Gasteiger partial charge in [-0.05, 0) is 37.6 Å². The van der Waals surface area contributed by atoms with E-state index in [1.807, 2.05) is 17.7 Å². The molecule has 0 radical (unpaired) electrons. The van der Waals surface area contributed by atoms with Crippen molar-refractivity contribution in [2.24, 2.45) is 0 Å². The first-order valence-corrected chi connectivity index (χ1v) is 9.26.